The van der Waals surface area contributed by atoms with Gasteiger partial charge in [0.2, 0.25) is 0 Å². The van der Waals surface area contributed by atoms with Gasteiger partial charge in [-0.3, -0.25) is 14.2 Å². The lowest BCUT2D eigenvalue weighted by Gasteiger charge is -2.30. The second kappa shape index (κ2) is 6.24. The fourth-order valence-corrected chi connectivity index (χ4v) is 4.99. The Kier molecular flexibility index (Phi) is 3.91. The normalized spacial score (nSPS) is 23.9. The van der Waals surface area contributed by atoms with Gasteiger partial charge in [-0.15, -0.1) is 0 Å². The maximum Gasteiger partial charge on any atom is 0.258 e. The molecule has 146 valence electrons. The number of halogens is 1. The maximum atomic E-state index is 13.5. The lowest BCUT2D eigenvalue weighted by atomic mass is 9.95. The highest BCUT2D eigenvalue weighted by atomic mass is 19.1. The zero-order chi connectivity index (χ0) is 19.5. The average Bonchev–Trinajstić information content (AvgIpc) is 3.27. The Bertz CT molecular complexity index is 1030. The van der Waals surface area contributed by atoms with E-state index in [2.05, 4.69) is 4.90 Å². The molecule has 0 saturated carbocycles. The summed E-state index contributed by atoms with van der Waals surface area (Å²) in [7, 11) is 2.02. The summed E-state index contributed by atoms with van der Waals surface area (Å²) in [5, 5.41) is 0. The minimum atomic E-state index is -0.415. The first-order valence-corrected chi connectivity index (χ1v) is 9.84. The smallest absolute Gasteiger partial charge is 0.258 e. The van der Waals surface area contributed by atoms with Crippen molar-refractivity contribution in [1.29, 1.82) is 0 Å². The predicted octanol–water partition coefficient (Wildman–Crippen LogP) is 1.56. The van der Waals surface area contributed by atoms with Crippen LogP contribution in [-0.4, -0.2) is 51.9 Å². The van der Waals surface area contributed by atoms with Crippen molar-refractivity contribution in [2.24, 2.45) is 0 Å². The molecule has 1 aromatic carbocycles. The Labute approximate surface area is 162 Å². The molecule has 4 heterocycles. The highest BCUT2D eigenvalue weighted by Gasteiger charge is 2.47. The molecule has 1 saturated heterocycles. The SMILES string of the molecule is CN1CCc2nc3n(c(=O)c2C1)[C@@]1(CC3)CCN(C(=O)c2cccc(F)c2)C1. The molecule has 1 atom stereocenters. The van der Waals surface area contributed by atoms with E-state index in [0.29, 0.717) is 25.2 Å². The van der Waals surface area contributed by atoms with E-state index < -0.39 is 5.82 Å². The molecular formula is C21H23FN4O2. The van der Waals surface area contributed by atoms with Crippen LogP contribution in [0.4, 0.5) is 4.39 Å². The van der Waals surface area contributed by atoms with E-state index in [1.807, 2.05) is 11.6 Å². The average molecular weight is 382 g/mol. The number of likely N-dealkylation sites (tertiary alicyclic amines) is 1. The van der Waals surface area contributed by atoms with Crippen LogP contribution in [0.5, 0.6) is 0 Å². The maximum absolute atomic E-state index is 13.5. The van der Waals surface area contributed by atoms with Crippen LogP contribution in [0, 0.1) is 5.82 Å². The molecule has 3 aliphatic heterocycles. The number of hydrogen-bond acceptors (Lipinski definition) is 4. The Morgan fingerprint density at radius 1 is 1.21 bits per heavy atom. The standard InChI is InChI=1S/C21H23FN4O2/c1-24-9-6-17-16(12-24)20(28)26-18(23-17)5-7-21(26)8-10-25(13-21)19(27)14-3-2-4-15(22)11-14/h2-4,11H,5-10,12-13H2,1H3/t21-/m0/s1. The van der Waals surface area contributed by atoms with Crippen molar-refractivity contribution in [2.75, 3.05) is 26.7 Å². The van der Waals surface area contributed by atoms with Crippen molar-refractivity contribution in [3.05, 3.63) is 63.1 Å². The number of hydrogen-bond donors (Lipinski definition) is 0. The van der Waals surface area contributed by atoms with Crippen LogP contribution in [0.3, 0.4) is 0 Å². The topological polar surface area (TPSA) is 58.4 Å². The fourth-order valence-electron chi connectivity index (χ4n) is 4.99. The van der Waals surface area contributed by atoms with Gasteiger partial charge >= 0.3 is 0 Å². The number of carbonyl (C=O) groups excluding carboxylic acids is 1. The summed E-state index contributed by atoms with van der Waals surface area (Å²) in [4.78, 5) is 34.9. The van der Waals surface area contributed by atoms with Crippen molar-refractivity contribution in [3.8, 4) is 0 Å². The summed E-state index contributed by atoms with van der Waals surface area (Å²) in [5.41, 5.74) is 1.77. The molecule has 5 rings (SSSR count). The van der Waals surface area contributed by atoms with Crippen molar-refractivity contribution < 1.29 is 9.18 Å². The number of fused-ring (bicyclic) bond motifs is 3. The van der Waals surface area contributed by atoms with Gasteiger partial charge < -0.3 is 9.80 Å². The van der Waals surface area contributed by atoms with Gasteiger partial charge in [0.15, 0.2) is 0 Å². The third kappa shape index (κ3) is 2.60. The van der Waals surface area contributed by atoms with Gasteiger partial charge in [0.25, 0.3) is 11.5 Å². The van der Waals surface area contributed by atoms with Gasteiger partial charge in [0.1, 0.15) is 11.6 Å². The van der Waals surface area contributed by atoms with Gasteiger partial charge in [-0.2, -0.15) is 0 Å². The number of amides is 1. The third-order valence-corrected chi connectivity index (χ3v) is 6.47. The summed E-state index contributed by atoms with van der Waals surface area (Å²) in [5.74, 6) is 0.263. The molecule has 0 radical (unpaired) electrons. The van der Waals surface area contributed by atoms with E-state index in [0.717, 1.165) is 49.3 Å². The monoisotopic (exact) mass is 382 g/mol. The summed E-state index contributed by atoms with van der Waals surface area (Å²) in [6, 6.07) is 5.80. The molecular weight excluding hydrogens is 359 g/mol. The van der Waals surface area contributed by atoms with Crippen LogP contribution in [-0.2, 0) is 24.9 Å². The molecule has 7 heteroatoms. The van der Waals surface area contributed by atoms with E-state index >= 15 is 0 Å². The van der Waals surface area contributed by atoms with Crippen molar-refractivity contribution in [1.82, 2.24) is 19.4 Å². The first-order chi connectivity index (χ1) is 13.5. The predicted molar refractivity (Wildman–Crippen MR) is 102 cm³/mol. The van der Waals surface area contributed by atoms with E-state index in [-0.39, 0.29) is 17.0 Å². The van der Waals surface area contributed by atoms with Crippen LogP contribution >= 0.6 is 0 Å². The van der Waals surface area contributed by atoms with Gasteiger partial charge in [0.05, 0.1) is 16.8 Å². The number of nitrogens with zero attached hydrogens (tertiary/aromatic N) is 4. The van der Waals surface area contributed by atoms with Crippen LogP contribution in [0.15, 0.2) is 29.1 Å². The lowest BCUT2D eigenvalue weighted by molar-refractivity contribution is 0.0774. The summed E-state index contributed by atoms with van der Waals surface area (Å²) in [6.07, 6.45) is 3.13. The zero-order valence-corrected chi connectivity index (χ0v) is 15.9. The van der Waals surface area contributed by atoms with Gasteiger partial charge in [0, 0.05) is 44.6 Å². The molecule has 0 bridgehead atoms. The molecule has 0 unspecified atom stereocenters. The number of carbonyl (C=O) groups is 1. The molecule has 2 aromatic rings. The largest absolute Gasteiger partial charge is 0.336 e. The highest BCUT2D eigenvalue weighted by Crippen LogP contribution is 2.39. The molecule has 0 aliphatic carbocycles. The molecule has 3 aliphatic rings. The van der Waals surface area contributed by atoms with Gasteiger partial charge in [-0.05, 0) is 38.1 Å². The quantitative estimate of drug-likeness (QED) is 0.751. The Balaban J connectivity index is 1.49. The first kappa shape index (κ1) is 17.6. The first-order valence-electron chi connectivity index (χ1n) is 9.84. The second-order valence-electron chi connectivity index (χ2n) is 8.29. The minimum Gasteiger partial charge on any atom is -0.336 e. The number of likely N-dealkylation sites (N-methyl/N-ethyl adjacent to an activating group) is 1. The van der Waals surface area contributed by atoms with Gasteiger partial charge in [-0.25, -0.2) is 9.37 Å². The molecule has 1 amide bonds. The van der Waals surface area contributed by atoms with E-state index in [9.17, 15) is 14.0 Å². The van der Waals surface area contributed by atoms with E-state index in [1.165, 1.54) is 12.1 Å². The van der Waals surface area contributed by atoms with Crippen molar-refractivity contribution in [3.63, 3.8) is 0 Å². The molecule has 1 spiro atoms. The Hall–Kier alpha value is -2.54. The molecule has 0 N–H and O–H groups in total. The summed E-state index contributed by atoms with van der Waals surface area (Å²) in [6.45, 7) is 2.59. The minimum absolute atomic E-state index is 0.0594. The van der Waals surface area contributed by atoms with Crippen molar-refractivity contribution in [2.45, 2.75) is 37.8 Å². The van der Waals surface area contributed by atoms with Crippen LogP contribution < -0.4 is 5.56 Å². The molecule has 1 fully saturated rings. The summed E-state index contributed by atoms with van der Waals surface area (Å²) < 4.78 is 15.4. The number of benzene rings is 1. The zero-order valence-electron chi connectivity index (χ0n) is 15.9. The molecule has 6 nitrogen and oxygen atoms in total. The van der Waals surface area contributed by atoms with Crippen molar-refractivity contribution >= 4 is 5.91 Å². The number of aromatic nitrogens is 2. The molecule has 28 heavy (non-hydrogen) atoms. The Morgan fingerprint density at radius 3 is 2.89 bits per heavy atom. The summed E-state index contributed by atoms with van der Waals surface area (Å²) >= 11 is 0. The second-order valence-corrected chi connectivity index (χ2v) is 8.29. The van der Waals surface area contributed by atoms with E-state index in [4.69, 9.17) is 4.98 Å². The van der Waals surface area contributed by atoms with Crippen LogP contribution in [0.25, 0.3) is 0 Å². The highest BCUT2D eigenvalue weighted by molar-refractivity contribution is 5.94. The fraction of sp³-hybridized carbons (Fsp3) is 0.476. The molecule has 1 aromatic heterocycles. The Morgan fingerprint density at radius 2 is 2.07 bits per heavy atom. The van der Waals surface area contributed by atoms with Gasteiger partial charge in [-0.1, -0.05) is 6.07 Å². The number of rotatable bonds is 1. The third-order valence-electron chi connectivity index (χ3n) is 6.47. The van der Waals surface area contributed by atoms with Crippen LogP contribution in [0.1, 0.15) is 40.3 Å². The lowest BCUT2D eigenvalue weighted by Crippen LogP contribution is -2.45. The van der Waals surface area contributed by atoms with E-state index in [1.54, 1.807) is 17.0 Å². The van der Waals surface area contributed by atoms with Crippen LogP contribution in [0.2, 0.25) is 0 Å². The number of aryl methyl sites for hydroxylation is 1.